The highest BCUT2D eigenvalue weighted by molar-refractivity contribution is 6.30. The minimum absolute atomic E-state index is 0.00150. The summed E-state index contributed by atoms with van der Waals surface area (Å²) in [7, 11) is 3.77. The molecular weight excluding hydrogens is 444 g/mol. The number of H-pyrrole nitrogens is 1. The van der Waals surface area contributed by atoms with E-state index in [0.29, 0.717) is 24.1 Å². The molecule has 1 aromatic carbocycles. The first kappa shape index (κ1) is 22.7. The van der Waals surface area contributed by atoms with Crippen LogP contribution < -0.4 is 16.0 Å². The molecule has 4 rings (SSSR count). The van der Waals surface area contributed by atoms with Gasteiger partial charge in [0, 0.05) is 62.0 Å². The first-order chi connectivity index (χ1) is 15.8. The number of nitrogens with zero attached hydrogens (tertiary/aromatic N) is 5. The molecule has 1 atom stereocenters. The second-order valence-electron chi connectivity index (χ2n) is 8.28. The number of hydrogen-bond acceptors (Lipinski definition) is 6. The molecule has 0 bridgehead atoms. The van der Waals surface area contributed by atoms with Crippen LogP contribution in [-0.2, 0) is 11.3 Å². The number of carbonyl (C=O) groups excluding carboxylic acids is 1. The quantitative estimate of drug-likeness (QED) is 0.615. The van der Waals surface area contributed by atoms with E-state index >= 15 is 0 Å². The van der Waals surface area contributed by atoms with Crippen LogP contribution in [0, 0.1) is 0 Å². The smallest absolute Gasteiger partial charge is 0.265 e. The second-order valence-corrected chi connectivity index (χ2v) is 8.72. The van der Waals surface area contributed by atoms with Gasteiger partial charge in [-0.15, -0.1) is 0 Å². The largest absolute Gasteiger partial charge is 0.347 e. The Bertz CT molecular complexity index is 1270. The van der Waals surface area contributed by atoms with Gasteiger partial charge in [0.1, 0.15) is 6.54 Å². The number of halogens is 1. The molecule has 0 aliphatic carbocycles. The van der Waals surface area contributed by atoms with Crippen molar-refractivity contribution in [3.05, 3.63) is 74.0 Å². The molecule has 10 heteroatoms. The van der Waals surface area contributed by atoms with E-state index in [-0.39, 0.29) is 18.4 Å². The van der Waals surface area contributed by atoms with Gasteiger partial charge in [0.2, 0.25) is 11.9 Å². The molecule has 1 aliphatic heterocycles. The number of nitrogens with one attached hydrogen (secondary N) is 1. The Balaban J connectivity index is 1.62. The van der Waals surface area contributed by atoms with Crippen LogP contribution in [0.5, 0.6) is 0 Å². The lowest BCUT2D eigenvalue weighted by molar-refractivity contribution is -0.133. The Morgan fingerprint density at radius 3 is 2.67 bits per heavy atom. The first-order valence-corrected chi connectivity index (χ1v) is 11.1. The summed E-state index contributed by atoms with van der Waals surface area (Å²) in [6.07, 6.45) is 3.49. The Morgan fingerprint density at radius 1 is 1.18 bits per heavy atom. The number of aromatic amines is 1. The number of amides is 1. The zero-order valence-electron chi connectivity index (χ0n) is 18.5. The number of likely N-dealkylation sites (tertiary alicyclic amines) is 1. The molecule has 0 saturated carbocycles. The fourth-order valence-corrected chi connectivity index (χ4v) is 4.13. The highest BCUT2D eigenvalue weighted by Gasteiger charge is 2.28. The Labute approximate surface area is 195 Å². The lowest BCUT2D eigenvalue weighted by Crippen LogP contribution is -2.43. The molecule has 9 nitrogen and oxygen atoms in total. The normalized spacial score (nSPS) is 16.0. The highest BCUT2D eigenvalue weighted by atomic mass is 35.5. The van der Waals surface area contributed by atoms with E-state index in [1.54, 1.807) is 4.90 Å². The van der Waals surface area contributed by atoms with Crippen LogP contribution in [-0.4, -0.2) is 57.7 Å². The lowest BCUT2D eigenvalue weighted by atomic mass is 9.90. The molecule has 0 spiro atoms. The van der Waals surface area contributed by atoms with Gasteiger partial charge in [0.25, 0.3) is 11.1 Å². The van der Waals surface area contributed by atoms with E-state index in [0.717, 1.165) is 46.5 Å². The summed E-state index contributed by atoms with van der Waals surface area (Å²) in [6, 6.07) is 9.84. The fourth-order valence-electron chi connectivity index (χ4n) is 4.01. The lowest BCUT2D eigenvalue weighted by Gasteiger charge is -2.33. The van der Waals surface area contributed by atoms with E-state index in [9.17, 15) is 14.4 Å². The number of anilines is 1. The van der Waals surface area contributed by atoms with Gasteiger partial charge in [-0.05, 0) is 30.5 Å². The average Bonchev–Trinajstić information content (AvgIpc) is 2.81. The zero-order valence-corrected chi connectivity index (χ0v) is 19.2. The van der Waals surface area contributed by atoms with Gasteiger partial charge in [-0.3, -0.25) is 19.5 Å². The van der Waals surface area contributed by atoms with Crippen molar-refractivity contribution in [3.8, 4) is 11.1 Å². The van der Waals surface area contributed by atoms with Crippen LogP contribution in [0.25, 0.3) is 11.1 Å². The molecule has 172 valence electrons. The van der Waals surface area contributed by atoms with Crippen molar-refractivity contribution in [3.63, 3.8) is 0 Å². The van der Waals surface area contributed by atoms with Crippen molar-refractivity contribution >= 4 is 23.5 Å². The summed E-state index contributed by atoms with van der Waals surface area (Å²) in [6.45, 7) is 0.844. The van der Waals surface area contributed by atoms with Gasteiger partial charge in [-0.25, -0.2) is 14.6 Å². The van der Waals surface area contributed by atoms with Crippen LogP contribution in [0.1, 0.15) is 24.5 Å². The highest BCUT2D eigenvalue weighted by Crippen LogP contribution is 2.34. The molecule has 33 heavy (non-hydrogen) atoms. The number of benzene rings is 1. The third-order valence-corrected chi connectivity index (χ3v) is 5.96. The molecule has 1 unspecified atom stereocenters. The first-order valence-electron chi connectivity index (χ1n) is 10.7. The summed E-state index contributed by atoms with van der Waals surface area (Å²) in [4.78, 5) is 49.4. The third-order valence-electron chi connectivity index (χ3n) is 5.70. The van der Waals surface area contributed by atoms with Crippen LogP contribution >= 0.6 is 11.6 Å². The molecule has 0 radical (unpaired) electrons. The molecule has 1 aliphatic rings. The number of aromatic nitrogens is 4. The summed E-state index contributed by atoms with van der Waals surface area (Å²) in [5.74, 6) is 0.375. The van der Waals surface area contributed by atoms with Crippen molar-refractivity contribution in [2.45, 2.75) is 25.3 Å². The van der Waals surface area contributed by atoms with E-state index in [1.807, 2.05) is 49.5 Å². The molecular formula is C23H25ClN6O3. The van der Waals surface area contributed by atoms with E-state index in [4.69, 9.17) is 16.6 Å². The average molecular weight is 469 g/mol. The van der Waals surface area contributed by atoms with Crippen molar-refractivity contribution in [2.75, 3.05) is 32.1 Å². The van der Waals surface area contributed by atoms with Crippen LogP contribution in [0.3, 0.4) is 0 Å². The molecule has 1 saturated heterocycles. The number of carbonyl (C=O) groups is 1. The second kappa shape index (κ2) is 9.58. The number of rotatable bonds is 5. The van der Waals surface area contributed by atoms with E-state index in [2.05, 4.69) is 10.1 Å². The van der Waals surface area contributed by atoms with Gasteiger partial charge in [0.15, 0.2) is 0 Å². The number of piperidine rings is 1. The minimum Gasteiger partial charge on any atom is -0.347 e. The monoisotopic (exact) mass is 468 g/mol. The standard InChI is InChI=1S/C23H25ClN6O3/c1-28(2)23-25-12-18(15-5-7-17(24)8-6-15)22(26-23)16-4-3-11-29(13-16)21(33)14-30-20(32)10-9-19(31)27-30/h5-10,12,16H,3-4,11,13-14H2,1-2H3,(H,27,31). The maximum absolute atomic E-state index is 13.0. The van der Waals surface area contributed by atoms with Crippen molar-refractivity contribution in [1.29, 1.82) is 0 Å². The van der Waals surface area contributed by atoms with Gasteiger partial charge in [-0.1, -0.05) is 23.7 Å². The predicted molar refractivity (Wildman–Crippen MR) is 127 cm³/mol. The Hall–Kier alpha value is -3.46. The molecule has 2 aromatic heterocycles. The van der Waals surface area contributed by atoms with Crippen molar-refractivity contribution in [2.24, 2.45) is 0 Å². The fraction of sp³-hybridized carbons (Fsp3) is 0.348. The van der Waals surface area contributed by atoms with Gasteiger partial charge < -0.3 is 9.80 Å². The zero-order chi connectivity index (χ0) is 23.5. The summed E-state index contributed by atoms with van der Waals surface area (Å²) in [5.41, 5.74) is 1.88. The molecule has 1 fully saturated rings. The molecule has 1 N–H and O–H groups in total. The predicted octanol–water partition coefficient (Wildman–Crippen LogP) is 2.12. The number of hydrogen-bond donors (Lipinski definition) is 1. The van der Waals surface area contributed by atoms with Gasteiger partial charge in [-0.2, -0.15) is 0 Å². The molecule has 1 amide bonds. The van der Waals surface area contributed by atoms with Gasteiger partial charge >= 0.3 is 0 Å². The van der Waals surface area contributed by atoms with Crippen LogP contribution in [0.15, 0.2) is 52.2 Å². The van der Waals surface area contributed by atoms with E-state index in [1.165, 1.54) is 0 Å². The summed E-state index contributed by atoms with van der Waals surface area (Å²) < 4.78 is 1.04. The van der Waals surface area contributed by atoms with E-state index < -0.39 is 11.1 Å². The minimum atomic E-state index is -0.427. The van der Waals surface area contributed by atoms with Gasteiger partial charge in [0.05, 0.1) is 5.69 Å². The van der Waals surface area contributed by atoms with Crippen LogP contribution in [0.4, 0.5) is 5.95 Å². The summed E-state index contributed by atoms with van der Waals surface area (Å²) in [5, 5.41) is 3.06. The van der Waals surface area contributed by atoms with Crippen molar-refractivity contribution in [1.82, 2.24) is 24.6 Å². The third kappa shape index (κ3) is 5.14. The van der Waals surface area contributed by atoms with Crippen LogP contribution in [0.2, 0.25) is 5.02 Å². The Kier molecular flexibility index (Phi) is 6.60. The molecule has 3 heterocycles. The summed E-state index contributed by atoms with van der Waals surface area (Å²) >= 11 is 6.07. The van der Waals surface area contributed by atoms with Crippen molar-refractivity contribution < 1.29 is 4.79 Å². The Morgan fingerprint density at radius 2 is 1.94 bits per heavy atom. The topological polar surface area (TPSA) is 104 Å². The maximum atomic E-state index is 13.0. The maximum Gasteiger partial charge on any atom is 0.265 e. The SMILES string of the molecule is CN(C)c1ncc(-c2ccc(Cl)cc2)c(C2CCCN(C(=O)Cn3[nH]c(=O)ccc3=O)C2)n1. The molecule has 3 aromatic rings.